The Morgan fingerprint density at radius 3 is 2.43 bits per heavy atom. The normalized spacial score (nSPS) is 38.0. The van der Waals surface area contributed by atoms with Crippen molar-refractivity contribution in [2.75, 3.05) is 0 Å². The summed E-state index contributed by atoms with van der Waals surface area (Å²) in [6, 6.07) is 0. The highest BCUT2D eigenvalue weighted by atomic mass is 32.1. The van der Waals surface area contributed by atoms with Gasteiger partial charge in [-0.3, -0.25) is 14.2 Å². The van der Waals surface area contributed by atoms with Crippen LogP contribution in [-0.4, -0.2) is 27.1 Å². The standard InChI is InChI=1S/C21H20N2O3S2/c24-16-15-13(2-1-3-14(15)22-18(16)25)17-19(26)23(20(27)28-17)21-7-10-4-11(8-21)6-12(5-10)9-21/h1-3,10-12,15,26H,4-9H2. The maximum atomic E-state index is 12.4. The summed E-state index contributed by atoms with van der Waals surface area (Å²) in [7, 11) is 0. The van der Waals surface area contributed by atoms with Crippen LogP contribution in [0, 0.1) is 27.6 Å². The summed E-state index contributed by atoms with van der Waals surface area (Å²) in [6.45, 7) is 0. The number of hydrogen-bond acceptors (Lipinski definition) is 5. The highest BCUT2D eigenvalue weighted by molar-refractivity contribution is 7.73. The number of allylic oxidation sites excluding steroid dienone is 4. The van der Waals surface area contributed by atoms with Crippen LogP contribution in [0.25, 0.3) is 5.57 Å². The summed E-state index contributed by atoms with van der Waals surface area (Å²) in [5.74, 6) is 0.444. The van der Waals surface area contributed by atoms with E-state index in [9.17, 15) is 14.7 Å². The topological polar surface area (TPSA) is 71.7 Å². The molecule has 7 rings (SSSR count). The van der Waals surface area contributed by atoms with Gasteiger partial charge >= 0.3 is 5.91 Å². The summed E-state index contributed by atoms with van der Waals surface area (Å²) in [4.78, 5) is 28.7. The zero-order valence-electron chi connectivity index (χ0n) is 15.3. The van der Waals surface area contributed by atoms with E-state index in [0.29, 0.717) is 20.1 Å². The number of carbonyl (C=O) groups excluding carboxylic acids is 2. The van der Waals surface area contributed by atoms with Crippen molar-refractivity contribution in [3.63, 3.8) is 0 Å². The van der Waals surface area contributed by atoms with Crippen LogP contribution in [0.4, 0.5) is 0 Å². The summed E-state index contributed by atoms with van der Waals surface area (Å²) in [5.41, 5.74) is 1.03. The predicted molar refractivity (Wildman–Crippen MR) is 109 cm³/mol. The Morgan fingerprint density at radius 1 is 1.14 bits per heavy atom. The first-order valence-electron chi connectivity index (χ1n) is 9.96. The predicted octanol–water partition coefficient (Wildman–Crippen LogP) is 4.03. The average molecular weight is 413 g/mol. The Morgan fingerprint density at radius 2 is 1.79 bits per heavy atom. The summed E-state index contributed by atoms with van der Waals surface area (Å²) in [5, 5.41) is 11.3. The maximum Gasteiger partial charge on any atom is 0.314 e. The second kappa shape index (κ2) is 5.60. The maximum absolute atomic E-state index is 12.4. The van der Waals surface area contributed by atoms with E-state index in [4.69, 9.17) is 12.2 Å². The molecular formula is C21H20N2O3S2. The van der Waals surface area contributed by atoms with E-state index in [1.807, 2.05) is 10.6 Å². The van der Waals surface area contributed by atoms with Gasteiger partial charge in [-0.1, -0.05) is 12.2 Å². The smallest absolute Gasteiger partial charge is 0.314 e. The van der Waals surface area contributed by atoms with Crippen molar-refractivity contribution in [1.82, 2.24) is 4.57 Å². The van der Waals surface area contributed by atoms with Gasteiger partial charge in [0.2, 0.25) is 11.7 Å². The zero-order chi connectivity index (χ0) is 19.2. The van der Waals surface area contributed by atoms with Gasteiger partial charge in [0.05, 0.1) is 22.0 Å². The van der Waals surface area contributed by atoms with Gasteiger partial charge in [-0.15, -0.1) is 11.3 Å². The van der Waals surface area contributed by atoms with Gasteiger partial charge in [0.25, 0.3) is 0 Å². The van der Waals surface area contributed by atoms with Gasteiger partial charge in [-0.05, 0) is 80.1 Å². The van der Waals surface area contributed by atoms with Crippen LogP contribution in [-0.2, 0) is 15.1 Å². The molecule has 1 aromatic rings. The first kappa shape index (κ1) is 17.0. The SMILES string of the molecule is O=C1N=C2C=CC=C(c3sc(=S)n(C45CC6CC(CC(C6)C4)C5)c3O)C2C1=O. The van der Waals surface area contributed by atoms with Crippen molar-refractivity contribution in [2.24, 2.45) is 28.7 Å². The van der Waals surface area contributed by atoms with Crippen molar-refractivity contribution >= 4 is 46.5 Å². The number of hydrogen-bond donors (Lipinski definition) is 1. The fourth-order valence-electron chi connectivity index (χ4n) is 6.79. The van der Waals surface area contributed by atoms with Gasteiger partial charge in [-0.2, -0.15) is 0 Å². The summed E-state index contributed by atoms with van der Waals surface area (Å²) < 4.78 is 2.67. The highest BCUT2D eigenvalue weighted by Gasteiger charge is 2.53. The summed E-state index contributed by atoms with van der Waals surface area (Å²) in [6.07, 6.45) is 12.5. The molecule has 2 heterocycles. The molecular weight excluding hydrogens is 392 g/mol. The molecule has 144 valence electrons. The quantitative estimate of drug-likeness (QED) is 0.588. The molecule has 1 atom stereocenters. The van der Waals surface area contributed by atoms with Crippen molar-refractivity contribution in [3.05, 3.63) is 27.1 Å². The molecule has 5 nitrogen and oxygen atoms in total. The molecule has 4 saturated carbocycles. The molecule has 0 saturated heterocycles. The molecule has 0 spiro atoms. The van der Waals surface area contributed by atoms with E-state index >= 15 is 0 Å². The lowest BCUT2D eigenvalue weighted by atomic mass is 9.53. The van der Waals surface area contributed by atoms with Gasteiger partial charge < -0.3 is 5.11 Å². The van der Waals surface area contributed by atoms with Gasteiger partial charge in [0.15, 0.2) is 3.95 Å². The van der Waals surface area contributed by atoms with Crippen LogP contribution in [0.5, 0.6) is 5.88 Å². The fraction of sp³-hybridized carbons (Fsp3) is 0.524. The Bertz CT molecular complexity index is 1050. The molecule has 5 aliphatic carbocycles. The Hall–Kier alpha value is -1.86. The average Bonchev–Trinajstić information content (AvgIpc) is 3.10. The molecule has 7 heteroatoms. The molecule has 4 fully saturated rings. The molecule has 1 aliphatic heterocycles. The lowest BCUT2D eigenvalue weighted by molar-refractivity contribution is -0.135. The molecule has 4 bridgehead atoms. The molecule has 1 N–H and O–H groups in total. The number of amides is 1. The Kier molecular flexibility index (Phi) is 3.41. The molecule has 1 aromatic heterocycles. The number of aliphatic imine (C=N–C) groups is 1. The lowest BCUT2D eigenvalue weighted by Crippen LogP contribution is -2.51. The third-order valence-corrected chi connectivity index (χ3v) is 8.79. The first-order chi connectivity index (χ1) is 13.4. The van der Waals surface area contributed by atoms with E-state index in [2.05, 4.69) is 4.99 Å². The number of carbonyl (C=O) groups is 2. The summed E-state index contributed by atoms with van der Waals surface area (Å²) >= 11 is 7.09. The van der Waals surface area contributed by atoms with Gasteiger partial charge in [-0.25, -0.2) is 4.99 Å². The van der Waals surface area contributed by atoms with E-state index in [-0.39, 0.29) is 11.4 Å². The number of ketones is 1. The van der Waals surface area contributed by atoms with Crippen LogP contribution in [0.2, 0.25) is 0 Å². The monoisotopic (exact) mass is 412 g/mol. The van der Waals surface area contributed by atoms with Crippen LogP contribution in [0.15, 0.2) is 23.2 Å². The lowest BCUT2D eigenvalue weighted by Gasteiger charge is -2.57. The molecule has 1 amide bonds. The van der Waals surface area contributed by atoms with Crippen LogP contribution in [0.3, 0.4) is 0 Å². The number of fused-ring (bicyclic) bond motifs is 1. The molecule has 28 heavy (non-hydrogen) atoms. The number of nitrogens with zero attached hydrogens (tertiary/aromatic N) is 2. The zero-order valence-corrected chi connectivity index (χ0v) is 16.9. The number of rotatable bonds is 2. The minimum Gasteiger partial charge on any atom is -0.493 e. The number of thiazole rings is 1. The highest BCUT2D eigenvalue weighted by Crippen LogP contribution is 2.60. The molecule has 1 unspecified atom stereocenters. The minimum absolute atomic E-state index is 0.0812. The number of aromatic nitrogens is 1. The van der Waals surface area contributed by atoms with E-state index in [0.717, 1.165) is 37.0 Å². The van der Waals surface area contributed by atoms with E-state index in [1.54, 1.807) is 12.2 Å². The number of aromatic hydroxyl groups is 1. The second-order valence-electron chi connectivity index (χ2n) is 9.12. The van der Waals surface area contributed by atoms with Crippen molar-refractivity contribution in [1.29, 1.82) is 0 Å². The Balaban J connectivity index is 1.47. The van der Waals surface area contributed by atoms with Crippen LogP contribution >= 0.6 is 23.6 Å². The second-order valence-corrected chi connectivity index (χ2v) is 10.8. The van der Waals surface area contributed by atoms with E-state index < -0.39 is 17.6 Å². The van der Waals surface area contributed by atoms with Crippen molar-refractivity contribution < 1.29 is 14.7 Å². The minimum atomic E-state index is -0.707. The van der Waals surface area contributed by atoms with Crippen LogP contribution < -0.4 is 0 Å². The third-order valence-electron chi connectivity index (χ3n) is 7.38. The molecule has 6 aliphatic rings. The molecule has 0 aromatic carbocycles. The third kappa shape index (κ3) is 2.17. The number of Topliss-reactive ketones (excluding diaryl/α,β-unsaturated/α-hetero) is 1. The largest absolute Gasteiger partial charge is 0.493 e. The van der Waals surface area contributed by atoms with Gasteiger partial charge in [0, 0.05) is 0 Å². The molecule has 0 radical (unpaired) electrons. The Labute approximate surface area is 171 Å². The van der Waals surface area contributed by atoms with Gasteiger partial charge in [0.1, 0.15) is 0 Å². The van der Waals surface area contributed by atoms with Crippen molar-refractivity contribution in [3.8, 4) is 5.88 Å². The first-order valence-corrected chi connectivity index (χ1v) is 11.2. The van der Waals surface area contributed by atoms with Crippen molar-refractivity contribution in [2.45, 2.75) is 44.1 Å². The van der Waals surface area contributed by atoms with E-state index in [1.165, 1.54) is 30.6 Å². The fourth-order valence-corrected chi connectivity index (χ4v) is 8.36. The van der Waals surface area contributed by atoms with Crippen LogP contribution in [0.1, 0.15) is 43.4 Å².